The zero-order chi connectivity index (χ0) is 10.1. The zero-order valence-electron chi connectivity index (χ0n) is 8.04. The molecule has 0 aromatic carbocycles. The molecule has 0 amide bonds. The quantitative estimate of drug-likeness (QED) is 0.543. The van der Waals surface area contributed by atoms with Gasteiger partial charge in [-0.05, 0) is 31.4 Å². The van der Waals surface area contributed by atoms with E-state index in [4.69, 9.17) is 11.1 Å². The summed E-state index contributed by atoms with van der Waals surface area (Å²) in [5.41, 5.74) is 5.14. The van der Waals surface area contributed by atoms with E-state index in [1.165, 1.54) is 12.8 Å². The van der Waals surface area contributed by atoms with Crippen molar-refractivity contribution in [2.45, 2.75) is 25.7 Å². The number of nitrogens with two attached hydrogens (primary N) is 1. The molecule has 0 bridgehead atoms. The van der Waals surface area contributed by atoms with Crippen LogP contribution in [-0.4, -0.2) is 4.98 Å². The van der Waals surface area contributed by atoms with Gasteiger partial charge in [0.15, 0.2) is 5.82 Å². The van der Waals surface area contributed by atoms with Gasteiger partial charge in [-0.2, -0.15) is 5.26 Å². The van der Waals surface area contributed by atoms with E-state index < -0.39 is 0 Å². The molecule has 0 unspecified atom stereocenters. The van der Waals surface area contributed by atoms with Crippen LogP contribution in [-0.2, 0) is 0 Å². The van der Waals surface area contributed by atoms with Crippen molar-refractivity contribution in [2.75, 3.05) is 5.43 Å². The lowest BCUT2D eigenvalue weighted by Gasteiger charge is -2.08. The minimum Gasteiger partial charge on any atom is -0.307 e. The van der Waals surface area contributed by atoms with Gasteiger partial charge >= 0.3 is 0 Å². The molecule has 1 aromatic heterocycles. The number of aryl methyl sites for hydroxylation is 1. The smallest absolute Gasteiger partial charge is 0.158 e. The second-order valence-corrected chi connectivity index (χ2v) is 3.62. The van der Waals surface area contributed by atoms with Gasteiger partial charge in [0.2, 0.25) is 0 Å². The fourth-order valence-electron chi connectivity index (χ4n) is 1.59. The maximum absolute atomic E-state index is 8.83. The molecule has 0 radical (unpaired) electrons. The maximum atomic E-state index is 8.83. The molecular weight excluding hydrogens is 176 g/mol. The van der Waals surface area contributed by atoms with Crippen molar-refractivity contribution in [3.8, 4) is 6.07 Å². The predicted molar refractivity (Wildman–Crippen MR) is 53.5 cm³/mol. The molecule has 14 heavy (non-hydrogen) atoms. The van der Waals surface area contributed by atoms with Gasteiger partial charge in [-0.1, -0.05) is 0 Å². The van der Waals surface area contributed by atoms with Crippen LogP contribution in [0.3, 0.4) is 0 Å². The molecule has 4 heteroatoms. The van der Waals surface area contributed by atoms with E-state index >= 15 is 0 Å². The first-order chi connectivity index (χ1) is 6.76. The summed E-state index contributed by atoms with van der Waals surface area (Å²) in [6.45, 7) is 1.99. The molecule has 0 aliphatic heterocycles. The highest BCUT2D eigenvalue weighted by Crippen LogP contribution is 2.41. The molecule has 1 heterocycles. The molecule has 1 aliphatic rings. The van der Waals surface area contributed by atoms with Gasteiger partial charge in [0.25, 0.3) is 0 Å². The Morgan fingerprint density at radius 2 is 2.36 bits per heavy atom. The van der Waals surface area contributed by atoms with Crippen molar-refractivity contribution in [3.05, 3.63) is 22.9 Å². The summed E-state index contributed by atoms with van der Waals surface area (Å²) in [5, 5.41) is 8.83. The van der Waals surface area contributed by atoms with Gasteiger partial charge in [-0.25, -0.2) is 10.8 Å². The lowest BCUT2D eigenvalue weighted by atomic mass is 10.1. The predicted octanol–water partition coefficient (Wildman–Crippen LogP) is 1.42. The third kappa shape index (κ3) is 1.42. The van der Waals surface area contributed by atoms with Gasteiger partial charge in [0, 0.05) is 11.6 Å². The maximum Gasteiger partial charge on any atom is 0.158 e. The first-order valence-electron chi connectivity index (χ1n) is 4.64. The molecule has 72 valence electrons. The largest absolute Gasteiger partial charge is 0.307 e. The summed E-state index contributed by atoms with van der Waals surface area (Å²) in [6.07, 6.45) is 2.40. The van der Waals surface area contributed by atoms with Crippen molar-refractivity contribution in [2.24, 2.45) is 5.84 Å². The Bertz CT molecular complexity index is 401. The number of hydrogen-bond donors (Lipinski definition) is 2. The lowest BCUT2D eigenvalue weighted by molar-refractivity contribution is 0.988. The first-order valence-corrected chi connectivity index (χ1v) is 4.64. The Hall–Kier alpha value is -1.60. The number of nitriles is 1. The zero-order valence-corrected chi connectivity index (χ0v) is 8.04. The minimum absolute atomic E-state index is 0.486. The van der Waals surface area contributed by atoms with Crippen LogP contribution < -0.4 is 11.3 Å². The van der Waals surface area contributed by atoms with Crippen LogP contribution in [0.1, 0.15) is 35.6 Å². The Morgan fingerprint density at radius 3 is 2.86 bits per heavy atom. The second kappa shape index (κ2) is 3.28. The lowest BCUT2D eigenvalue weighted by Crippen LogP contribution is -2.12. The number of nitrogens with one attached hydrogen (secondary N) is 1. The molecule has 4 nitrogen and oxygen atoms in total. The van der Waals surface area contributed by atoms with Crippen LogP contribution in [0.25, 0.3) is 0 Å². The average Bonchev–Trinajstić information content (AvgIpc) is 3.01. The summed E-state index contributed by atoms with van der Waals surface area (Å²) in [6, 6.07) is 3.91. The van der Waals surface area contributed by atoms with Crippen LogP contribution >= 0.6 is 0 Å². The van der Waals surface area contributed by atoms with E-state index in [9.17, 15) is 0 Å². The van der Waals surface area contributed by atoms with Crippen molar-refractivity contribution in [3.63, 3.8) is 0 Å². The summed E-state index contributed by atoms with van der Waals surface area (Å²) < 4.78 is 0. The van der Waals surface area contributed by atoms with Gasteiger partial charge in [-0.3, -0.25) is 0 Å². The molecule has 3 N–H and O–H groups in total. The van der Waals surface area contributed by atoms with Crippen LogP contribution in [0.5, 0.6) is 0 Å². The van der Waals surface area contributed by atoms with E-state index in [0.717, 1.165) is 11.3 Å². The molecule has 1 aromatic rings. The Kier molecular flexibility index (Phi) is 2.10. The number of pyridine rings is 1. The number of hydrogen-bond acceptors (Lipinski definition) is 4. The molecule has 0 saturated heterocycles. The number of rotatable bonds is 2. The average molecular weight is 188 g/mol. The van der Waals surface area contributed by atoms with Crippen LogP contribution in [0.15, 0.2) is 6.07 Å². The molecule has 2 rings (SSSR count). The topological polar surface area (TPSA) is 74.7 Å². The van der Waals surface area contributed by atoms with Gasteiger partial charge in [-0.15, -0.1) is 0 Å². The second-order valence-electron chi connectivity index (χ2n) is 3.62. The van der Waals surface area contributed by atoms with E-state index in [1.807, 2.05) is 13.0 Å². The van der Waals surface area contributed by atoms with Gasteiger partial charge in [0.05, 0.1) is 5.56 Å². The third-order valence-electron chi connectivity index (χ3n) is 2.47. The van der Waals surface area contributed by atoms with Crippen molar-refractivity contribution in [1.29, 1.82) is 5.26 Å². The standard InChI is InChI=1S/C10H12N4/c1-6-4-8(5-11)10(14-12)13-9(6)7-2-3-7/h4,7H,2-3,12H2,1H3,(H,13,14). The van der Waals surface area contributed by atoms with Crippen molar-refractivity contribution >= 4 is 5.82 Å². The third-order valence-corrected chi connectivity index (χ3v) is 2.47. The van der Waals surface area contributed by atoms with Gasteiger partial charge < -0.3 is 5.43 Å². The molecule has 1 fully saturated rings. The summed E-state index contributed by atoms with van der Waals surface area (Å²) in [7, 11) is 0. The summed E-state index contributed by atoms with van der Waals surface area (Å²) >= 11 is 0. The van der Waals surface area contributed by atoms with Crippen LogP contribution in [0.2, 0.25) is 0 Å². The van der Waals surface area contributed by atoms with E-state index in [1.54, 1.807) is 0 Å². The number of anilines is 1. The van der Waals surface area contributed by atoms with E-state index in [2.05, 4.69) is 16.5 Å². The van der Waals surface area contributed by atoms with Crippen LogP contribution in [0, 0.1) is 18.3 Å². The molecule has 0 atom stereocenters. The summed E-state index contributed by atoms with van der Waals surface area (Å²) in [5.74, 6) is 6.37. The van der Waals surface area contributed by atoms with Gasteiger partial charge in [0.1, 0.15) is 6.07 Å². The molecule has 1 saturated carbocycles. The van der Waals surface area contributed by atoms with E-state index in [-0.39, 0.29) is 0 Å². The molecule has 0 spiro atoms. The Balaban J connectivity index is 2.49. The fourth-order valence-corrected chi connectivity index (χ4v) is 1.59. The monoisotopic (exact) mass is 188 g/mol. The number of hydrazine groups is 1. The van der Waals surface area contributed by atoms with E-state index in [0.29, 0.717) is 17.3 Å². The number of aromatic nitrogens is 1. The highest BCUT2D eigenvalue weighted by Gasteiger charge is 2.27. The van der Waals surface area contributed by atoms with Crippen LogP contribution in [0.4, 0.5) is 5.82 Å². The minimum atomic E-state index is 0.486. The SMILES string of the molecule is Cc1cc(C#N)c(NN)nc1C1CC1. The summed E-state index contributed by atoms with van der Waals surface area (Å²) in [4.78, 5) is 4.36. The molecular formula is C10H12N4. The Morgan fingerprint density at radius 1 is 1.64 bits per heavy atom. The fraction of sp³-hybridized carbons (Fsp3) is 0.400. The first kappa shape index (κ1) is 8.97. The highest BCUT2D eigenvalue weighted by atomic mass is 15.3. The molecule has 1 aliphatic carbocycles. The number of nitrogens with zero attached hydrogens (tertiary/aromatic N) is 2. The normalized spacial score (nSPS) is 14.9. The Labute approximate surface area is 82.7 Å². The highest BCUT2D eigenvalue weighted by molar-refractivity contribution is 5.54. The van der Waals surface area contributed by atoms with Crippen molar-refractivity contribution < 1.29 is 0 Å². The van der Waals surface area contributed by atoms with Crippen molar-refractivity contribution in [1.82, 2.24) is 4.98 Å². The number of nitrogen functional groups attached to an aromatic ring is 1.